The Bertz CT molecular complexity index is 1060. The molecule has 1 heterocycles. The third-order valence-electron chi connectivity index (χ3n) is 10.4. The summed E-state index contributed by atoms with van der Waals surface area (Å²) >= 11 is 0. The van der Waals surface area contributed by atoms with Crippen molar-refractivity contribution in [2.45, 2.75) is 230 Å². The maximum absolute atomic E-state index is 13.0. The number of rotatable bonds is 36. The van der Waals surface area contributed by atoms with E-state index in [0.29, 0.717) is 12.8 Å². The number of nitrogens with one attached hydrogen (secondary N) is 1. The summed E-state index contributed by atoms with van der Waals surface area (Å²) in [5.41, 5.74) is 0. The van der Waals surface area contributed by atoms with Crippen LogP contribution in [0.2, 0.25) is 0 Å². The number of hydrogen-bond acceptors (Lipinski definition) is 11. The molecule has 1 aliphatic rings. The zero-order valence-electron chi connectivity index (χ0n) is 34.1. The minimum absolute atomic E-state index is 0.247. The summed E-state index contributed by atoms with van der Waals surface area (Å²) in [5.74, 6) is -0.704. The second-order valence-electron chi connectivity index (χ2n) is 15.4. The van der Waals surface area contributed by atoms with Gasteiger partial charge in [0.2, 0.25) is 5.91 Å². The van der Waals surface area contributed by atoms with Gasteiger partial charge in [0.15, 0.2) is 6.29 Å². The van der Waals surface area contributed by atoms with Gasteiger partial charge in [0.25, 0.3) is 0 Å². The number of carbonyl (C=O) groups excluding carboxylic acids is 1. The molecule has 0 aromatic heterocycles. The van der Waals surface area contributed by atoms with E-state index in [1.165, 1.54) is 102 Å². The number of aliphatic hydroxyl groups excluding tert-OH is 5. The topological polar surface area (TPSA) is 212 Å². The number of hydrogen-bond donors (Lipinski definition) is 7. The van der Waals surface area contributed by atoms with Crippen LogP contribution in [0.15, 0.2) is 12.2 Å². The summed E-state index contributed by atoms with van der Waals surface area (Å²) < 4.78 is 47.2. The third kappa shape index (κ3) is 25.7. The minimum atomic E-state index is -5.11. The quantitative estimate of drug-likeness (QED) is 0.0203. The van der Waals surface area contributed by atoms with Crippen LogP contribution < -0.4 is 5.32 Å². The van der Waals surface area contributed by atoms with E-state index >= 15 is 0 Å². The molecule has 0 radical (unpaired) electrons. The molecule has 1 saturated heterocycles. The highest BCUT2D eigenvalue weighted by atomic mass is 32.3. The van der Waals surface area contributed by atoms with E-state index in [1.807, 2.05) is 0 Å². The normalized spacial score (nSPS) is 22.2. The van der Waals surface area contributed by atoms with Crippen LogP contribution >= 0.6 is 0 Å². The first-order chi connectivity index (χ1) is 26.4. The number of ether oxygens (including phenoxy) is 2. The first kappa shape index (κ1) is 51.8. The van der Waals surface area contributed by atoms with E-state index in [9.17, 15) is 38.7 Å². The molecule has 55 heavy (non-hydrogen) atoms. The summed E-state index contributed by atoms with van der Waals surface area (Å²) in [6, 6.07) is -1.11. The Morgan fingerprint density at radius 2 is 1.18 bits per heavy atom. The van der Waals surface area contributed by atoms with Crippen molar-refractivity contribution >= 4 is 16.3 Å². The van der Waals surface area contributed by atoms with Gasteiger partial charge in [0.1, 0.15) is 30.5 Å². The fourth-order valence-corrected chi connectivity index (χ4v) is 7.44. The molecule has 1 aliphatic heterocycles. The number of unbranched alkanes of at least 4 members (excludes halogenated alkanes) is 23. The van der Waals surface area contributed by atoms with E-state index in [2.05, 4.69) is 23.3 Å². The Labute approximate surface area is 333 Å². The van der Waals surface area contributed by atoms with E-state index in [4.69, 9.17) is 14.0 Å². The molecule has 0 aromatic carbocycles. The van der Waals surface area contributed by atoms with Gasteiger partial charge in [-0.1, -0.05) is 174 Å². The molecule has 0 saturated carbocycles. The van der Waals surface area contributed by atoms with Gasteiger partial charge in [-0.3, -0.25) is 9.35 Å². The van der Waals surface area contributed by atoms with Gasteiger partial charge < -0.3 is 40.3 Å². The standard InChI is InChI=1S/C41H79NO12S/c1-3-5-7-9-11-12-13-14-15-16-17-18-19-20-21-22-24-26-28-30-35(45)40(48)42-33(34(44)29-27-25-23-10-8-6-4-2)32-52-41-38(47)39(54-55(49,50)51)37(46)36(31-43)53-41/h27,29,33-39,41,43-47H,3-26,28,30-32H2,1-2H3,(H,42,48)(H,49,50,51)/b29-27+. The van der Waals surface area contributed by atoms with Crippen LogP contribution in [0.4, 0.5) is 0 Å². The highest BCUT2D eigenvalue weighted by molar-refractivity contribution is 7.80. The predicted octanol–water partition coefficient (Wildman–Crippen LogP) is 6.58. The molecule has 1 rings (SSSR count). The second kappa shape index (κ2) is 32.7. The lowest BCUT2D eigenvalue weighted by molar-refractivity contribution is -0.298. The molecule has 8 atom stereocenters. The maximum Gasteiger partial charge on any atom is 0.397 e. The Hall–Kier alpha value is -1.20. The second-order valence-corrected chi connectivity index (χ2v) is 16.5. The van der Waals surface area contributed by atoms with Crippen LogP contribution in [0.3, 0.4) is 0 Å². The first-order valence-corrected chi connectivity index (χ1v) is 23.0. The molecule has 13 nitrogen and oxygen atoms in total. The van der Waals surface area contributed by atoms with Crippen LogP contribution in [0, 0.1) is 0 Å². The van der Waals surface area contributed by atoms with Crippen molar-refractivity contribution in [3.63, 3.8) is 0 Å². The number of amides is 1. The average Bonchev–Trinajstić information content (AvgIpc) is 3.15. The number of carbonyl (C=O) groups is 1. The summed E-state index contributed by atoms with van der Waals surface area (Å²) in [6.07, 6.45) is 22.0. The Morgan fingerprint density at radius 3 is 1.64 bits per heavy atom. The molecule has 0 bridgehead atoms. The van der Waals surface area contributed by atoms with Crippen molar-refractivity contribution in [1.82, 2.24) is 5.32 Å². The molecular weight excluding hydrogens is 731 g/mol. The number of allylic oxidation sites excluding steroid dienone is 1. The summed E-state index contributed by atoms with van der Waals surface area (Å²) in [5, 5.41) is 54.8. The number of aliphatic hydroxyl groups is 5. The molecule has 7 N–H and O–H groups in total. The molecular formula is C41H79NO12S. The van der Waals surface area contributed by atoms with Crippen molar-refractivity contribution in [2.24, 2.45) is 0 Å². The SMILES string of the molecule is CCCCCCC/C=C/C(O)C(COC1OC(CO)C(O)C(OS(=O)(=O)O)C1O)NC(=O)C(O)CCCCCCCCCCCCCCCCCCCCC. The van der Waals surface area contributed by atoms with Gasteiger partial charge in [0, 0.05) is 0 Å². The Kier molecular flexibility index (Phi) is 30.8. The fourth-order valence-electron chi connectivity index (χ4n) is 6.93. The summed E-state index contributed by atoms with van der Waals surface area (Å²) in [4.78, 5) is 13.0. The average molecular weight is 810 g/mol. The third-order valence-corrected chi connectivity index (χ3v) is 10.9. The summed E-state index contributed by atoms with van der Waals surface area (Å²) in [6.45, 7) is 3.13. The van der Waals surface area contributed by atoms with Crippen LogP contribution in [-0.4, -0.2) is 107 Å². The van der Waals surface area contributed by atoms with Crippen LogP contribution in [-0.2, 0) is 28.9 Å². The molecule has 0 aliphatic carbocycles. The van der Waals surface area contributed by atoms with Crippen molar-refractivity contribution in [2.75, 3.05) is 13.2 Å². The molecule has 0 spiro atoms. The van der Waals surface area contributed by atoms with Crippen LogP contribution in [0.5, 0.6) is 0 Å². The van der Waals surface area contributed by atoms with Crippen LogP contribution in [0.25, 0.3) is 0 Å². The molecule has 8 unspecified atom stereocenters. The van der Waals surface area contributed by atoms with Gasteiger partial charge in [-0.05, 0) is 19.3 Å². The van der Waals surface area contributed by atoms with E-state index < -0.39 is 78.5 Å². The van der Waals surface area contributed by atoms with E-state index in [-0.39, 0.29) is 6.42 Å². The highest BCUT2D eigenvalue weighted by Crippen LogP contribution is 2.26. The lowest BCUT2D eigenvalue weighted by atomic mass is 9.99. The minimum Gasteiger partial charge on any atom is -0.394 e. The van der Waals surface area contributed by atoms with Gasteiger partial charge in [-0.25, -0.2) is 4.18 Å². The van der Waals surface area contributed by atoms with E-state index in [1.54, 1.807) is 6.08 Å². The molecule has 326 valence electrons. The molecule has 1 fully saturated rings. The lowest BCUT2D eigenvalue weighted by Gasteiger charge is -2.41. The zero-order chi connectivity index (χ0) is 40.7. The fraction of sp³-hybridized carbons (Fsp3) is 0.927. The predicted molar refractivity (Wildman–Crippen MR) is 215 cm³/mol. The molecule has 1 amide bonds. The van der Waals surface area contributed by atoms with Crippen LogP contribution in [0.1, 0.15) is 181 Å². The largest absolute Gasteiger partial charge is 0.397 e. The highest BCUT2D eigenvalue weighted by Gasteiger charge is 2.48. The van der Waals surface area contributed by atoms with Gasteiger partial charge in [-0.15, -0.1) is 0 Å². The molecule has 0 aromatic rings. The van der Waals surface area contributed by atoms with E-state index in [0.717, 1.165) is 51.4 Å². The first-order valence-electron chi connectivity index (χ1n) is 21.7. The zero-order valence-corrected chi connectivity index (χ0v) is 34.9. The van der Waals surface area contributed by atoms with Crippen molar-refractivity contribution < 1.29 is 57.0 Å². The Balaban J connectivity index is 2.47. The van der Waals surface area contributed by atoms with Gasteiger partial charge >= 0.3 is 10.4 Å². The monoisotopic (exact) mass is 810 g/mol. The smallest absolute Gasteiger partial charge is 0.394 e. The summed E-state index contributed by atoms with van der Waals surface area (Å²) in [7, 11) is -5.11. The molecule has 14 heteroatoms. The Morgan fingerprint density at radius 1 is 0.727 bits per heavy atom. The van der Waals surface area contributed by atoms with Gasteiger partial charge in [-0.2, -0.15) is 8.42 Å². The van der Waals surface area contributed by atoms with Crippen molar-refractivity contribution in [1.29, 1.82) is 0 Å². The van der Waals surface area contributed by atoms with Crippen molar-refractivity contribution in [3.8, 4) is 0 Å². The maximum atomic E-state index is 13.0. The van der Waals surface area contributed by atoms with Gasteiger partial charge in [0.05, 0.1) is 25.4 Å². The lowest BCUT2D eigenvalue weighted by Crippen LogP contribution is -2.61. The van der Waals surface area contributed by atoms with Crippen molar-refractivity contribution in [3.05, 3.63) is 12.2 Å².